The molecule has 0 radical (unpaired) electrons. The zero-order valence-electron chi connectivity index (χ0n) is 9.87. The number of aromatic nitrogens is 2. The van der Waals surface area contributed by atoms with E-state index in [9.17, 15) is 0 Å². The standard InChI is InChI=1S/C12H11BrClN3O/c1-6-3-4-9(8(13)5-6)18-11-10(15)7(2)16-12(14)17-11/h3-5H,15H2,1-2H3. The number of nitrogens with two attached hydrogens (primary N) is 1. The van der Waals surface area contributed by atoms with E-state index >= 15 is 0 Å². The molecule has 0 unspecified atom stereocenters. The van der Waals surface area contributed by atoms with Crippen LogP contribution in [0.2, 0.25) is 5.28 Å². The quantitative estimate of drug-likeness (QED) is 0.850. The van der Waals surface area contributed by atoms with Gasteiger partial charge in [0.2, 0.25) is 11.2 Å². The summed E-state index contributed by atoms with van der Waals surface area (Å²) < 4.78 is 6.48. The molecule has 1 aromatic carbocycles. The van der Waals surface area contributed by atoms with E-state index in [1.807, 2.05) is 25.1 Å². The molecule has 2 rings (SSSR count). The summed E-state index contributed by atoms with van der Waals surface area (Å²) in [6.45, 7) is 3.74. The second-order valence-electron chi connectivity index (χ2n) is 3.83. The van der Waals surface area contributed by atoms with E-state index < -0.39 is 0 Å². The van der Waals surface area contributed by atoms with Crippen LogP contribution in [0.4, 0.5) is 5.69 Å². The topological polar surface area (TPSA) is 61.0 Å². The van der Waals surface area contributed by atoms with Gasteiger partial charge in [0.1, 0.15) is 11.4 Å². The molecule has 0 fully saturated rings. The Morgan fingerprint density at radius 1 is 1.28 bits per heavy atom. The number of benzene rings is 1. The summed E-state index contributed by atoms with van der Waals surface area (Å²) in [4.78, 5) is 7.93. The summed E-state index contributed by atoms with van der Waals surface area (Å²) in [6.07, 6.45) is 0. The third-order valence-electron chi connectivity index (χ3n) is 2.37. The van der Waals surface area contributed by atoms with E-state index in [2.05, 4.69) is 25.9 Å². The van der Waals surface area contributed by atoms with Gasteiger partial charge in [0.05, 0.1) is 10.2 Å². The number of hydrogen-bond acceptors (Lipinski definition) is 4. The lowest BCUT2D eigenvalue weighted by molar-refractivity contribution is 0.461. The number of nitrogens with zero attached hydrogens (tertiary/aromatic N) is 2. The molecule has 0 bridgehead atoms. The minimum Gasteiger partial charge on any atom is -0.436 e. The Morgan fingerprint density at radius 3 is 2.67 bits per heavy atom. The molecular formula is C12H11BrClN3O. The summed E-state index contributed by atoms with van der Waals surface area (Å²) >= 11 is 9.21. The van der Waals surface area contributed by atoms with E-state index in [0.717, 1.165) is 10.0 Å². The van der Waals surface area contributed by atoms with Crippen LogP contribution in [0, 0.1) is 13.8 Å². The molecule has 0 aliphatic rings. The van der Waals surface area contributed by atoms with Crippen molar-refractivity contribution in [2.24, 2.45) is 0 Å². The average molecular weight is 329 g/mol. The molecule has 0 saturated heterocycles. The third-order valence-corrected chi connectivity index (χ3v) is 3.16. The van der Waals surface area contributed by atoms with Crippen molar-refractivity contribution in [2.75, 3.05) is 5.73 Å². The number of ether oxygens (including phenoxy) is 1. The van der Waals surface area contributed by atoms with Crippen LogP contribution in [0.15, 0.2) is 22.7 Å². The Bertz CT molecular complexity index is 604. The van der Waals surface area contributed by atoms with E-state index in [1.54, 1.807) is 6.92 Å². The zero-order chi connectivity index (χ0) is 13.3. The summed E-state index contributed by atoms with van der Waals surface area (Å²) in [5.41, 5.74) is 7.95. The van der Waals surface area contributed by atoms with Crippen LogP contribution in [-0.2, 0) is 0 Å². The van der Waals surface area contributed by atoms with Crippen molar-refractivity contribution < 1.29 is 4.74 Å². The Morgan fingerprint density at radius 2 is 2.00 bits per heavy atom. The number of rotatable bonds is 2. The third kappa shape index (κ3) is 2.73. The molecule has 0 aliphatic heterocycles. The summed E-state index contributed by atoms with van der Waals surface area (Å²) in [5.74, 6) is 0.888. The molecule has 1 aromatic heterocycles. The first-order chi connectivity index (χ1) is 8.47. The van der Waals surface area contributed by atoms with Crippen LogP contribution in [0.25, 0.3) is 0 Å². The lowest BCUT2D eigenvalue weighted by atomic mass is 10.2. The highest BCUT2D eigenvalue weighted by Crippen LogP contribution is 2.33. The summed E-state index contributed by atoms with van der Waals surface area (Å²) in [6, 6.07) is 5.72. The first-order valence-electron chi connectivity index (χ1n) is 5.21. The van der Waals surface area contributed by atoms with Gasteiger partial charge in [0.15, 0.2) is 0 Å². The second kappa shape index (κ2) is 5.12. The highest BCUT2D eigenvalue weighted by atomic mass is 79.9. The Hall–Kier alpha value is -1.33. The fourth-order valence-corrected chi connectivity index (χ4v) is 2.17. The van der Waals surface area contributed by atoms with E-state index in [-0.39, 0.29) is 11.2 Å². The molecular weight excluding hydrogens is 318 g/mol. The molecule has 6 heteroatoms. The fraction of sp³-hybridized carbons (Fsp3) is 0.167. The molecule has 1 heterocycles. The van der Waals surface area contributed by atoms with Crippen LogP contribution in [0.3, 0.4) is 0 Å². The SMILES string of the molecule is Cc1ccc(Oc2nc(Cl)nc(C)c2N)c(Br)c1. The first kappa shape index (κ1) is 13.1. The van der Waals surface area contributed by atoms with Crippen molar-refractivity contribution in [3.05, 3.63) is 39.2 Å². The van der Waals surface area contributed by atoms with Crippen LogP contribution in [0.1, 0.15) is 11.3 Å². The van der Waals surface area contributed by atoms with E-state index in [1.165, 1.54) is 0 Å². The molecule has 0 amide bonds. The number of hydrogen-bond donors (Lipinski definition) is 1. The smallest absolute Gasteiger partial charge is 0.247 e. The molecule has 0 atom stereocenters. The number of nitrogen functional groups attached to an aromatic ring is 1. The van der Waals surface area contributed by atoms with E-state index in [0.29, 0.717) is 17.1 Å². The van der Waals surface area contributed by atoms with Crippen LogP contribution >= 0.6 is 27.5 Å². The van der Waals surface area contributed by atoms with Gasteiger partial charge >= 0.3 is 0 Å². The predicted octanol–water partition coefficient (Wildman–Crippen LogP) is 3.88. The number of halogens is 2. The molecule has 0 saturated carbocycles. The largest absolute Gasteiger partial charge is 0.436 e. The summed E-state index contributed by atoms with van der Waals surface area (Å²) in [5, 5.41) is 0.111. The first-order valence-corrected chi connectivity index (χ1v) is 6.38. The minimum absolute atomic E-state index is 0.111. The minimum atomic E-state index is 0.111. The number of anilines is 1. The van der Waals surface area contributed by atoms with Crippen molar-refractivity contribution in [3.63, 3.8) is 0 Å². The van der Waals surface area contributed by atoms with Crippen molar-refractivity contribution in [3.8, 4) is 11.6 Å². The molecule has 0 aliphatic carbocycles. The van der Waals surface area contributed by atoms with Gasteiger partial charge in [-0.25, -0.2) is 4.98 Å². The maximum Gasteiger partial charge on any atom is 0.247 e. The monoisotopic (exact) mass is 327 g/mol. The molecule has 0 spiro atoms. The van der Waals surface area contributed by atoms with Crippen LogP contribution in [0.5, 0.6) is 11.6 Å². The van der Waals surface area contributed by atoms with Gasteiger partial charge in [0.25, 0.3) is 0 Å². The van der Waals surface area contributed by atoms with Gasteiger partial charge in [-0.05, 0) is 59.1 Å². The predicted molar refractivity (Wildman–Crippen MR) is 75.1 cm³/mol. The van der Waals surface area contributed by atoms with E-state index in [4.69, 9.17) is 22.1 Å². The zero-order valence-corrected chi connectivity index (χ0v) is 12.2. The summed E-state index contributed by atoms with van der Waals surface area (Å²) in [7, 11) is 0. The maximum atomic E-state index is 5.86. The van der Waals surface area contributed by atoms with Gasteiger partial charge in [-0.3, -0.25) is 0 Å². The molecule has 2 aromatic rings. The molecule has 4 nitrogen and oxygen atoms in total. The van der Waals surface area contributed by atoms with Crippen molar-refractivity contribution in [2.45, 2.75) is 13.8 Å². The highest BCUT2D eigenvalue weighted by Gasteiger charge is 2.11. The lowest BCUT2D eigenvalue weighted by Crippen LogP contribution is -2.01. The van der Waals surface area contributed by atoms with Gasteiger partial charge in [-0.1, -0.05) is 6.07 Å². The van der Waals surface area contributed by atoms with Crippen molar-refractivity contribution >= 4 is 33.2 Å². The molecule has 18 heavy (non-hydrogen) atoms. The lowest BCUT2D eigenvalue weighted by Gasteiger charge is -2.10. The Balaban J connectivity index is 2.40. The maximum absolute atomic E-state index is 5.86. The fourth-order valence-electron chi connectivity index (χ4n) is 1.39. The van der Waals surface area contributed by atoms with Crippen LogP contribution in [-0.4, -0.2) is 9.97 Å². The van der Waals surface area contributed by atoms with Crippen molar-refractivity contribution in [1.82, 2.24) is 9.97 Å². The highest BCUT2D eigenvalue weighted by molar-refractivity contribution is 9.10. The molecule has 2 N–H and O–H groups in total. The normalized spacial score (nSPS) is 10.4. The van der Waals surface area contributed by atoms with Gasteiger partial charge in [0, 0.05) is 0 Å². The van der Waals surface area contributed by atoms with Crippen molar-refractivity contribution in [1.29, 1.82) is 0 Å². The van der Waals surface area contributed by atoms with Gasteiger partial charge in [-0.15, -0.1) is 0 Å². The Labute approximate surface area is 118 Å². The molecule has 94 valence electrons. The number of aryl methyl sites for hydroxylation is 2. The average Bonchev–Trinajstić information content (AvgIpc) is 2.29. The van der Waals surface area contributed by atoms with Crippen LogP contribution < -0.4 is 10.5 Å². The van der Waals surface area contributed by atoms with Gasteiger partial charge in [-0.2, -0.15) is 4.98 Å². The second-order valence-corrected chi connectivity index (χ2v) is 5.03. The Kier molecular flexibility index (Phi) is 3.73. The van der Waals surface area contributed by atoms with Gasteiger partial charge < -0.3 is 10.5 Å².